The summed E-state index contributed by atoms with van der Waals surface area (Å²) in [6.45, 7) is 3.55. The van der Waals surface area contributed by atoms with Gasteiger partial charge in [-0.05, 0) is 29.8 Å². The summed E-state index contributed by atoms with van der Waals surface area (Å²) >= 11 is 6.26. The molecule has 4 nitrogen and oxygen atoms in total. The van der Waals surface area contributed by atoms with Gasteiger partial charge >= 0.3 is 0 Å². The van der Waals surface area contributed by atoms with Gasteiger partial charge in [0.25, 0.3) is 0 Å². The smallest absolute Gasteiger partial charge is 0.143 e. The van der Waals surface area contributed by atoms with E-state index in [4.69, 9.17) is 20.8 Å². The Balaban J connectivity index is 2.11. The van der Waals surface area contributed by atoms with Crippen molar-refractivity contribution in [3.05, 3.63) is 52.4 Å². The Morgan fingerprint density at radius 3 is 2.28 bits per heavy atom. The van der Waals surface area contributed by atoms with Crippen molar-refractivity contribution in [1.29, 1.82) is 0 Å². The number of methoxy groups -OCH3 is 1. The lowest BCUT2D eigenvalue weighted by molar-refractivity contribution is -0.132. The van der Waals surface area contributed by atoms with Gasteiger partial charge < -0.3 is 9.15 Å². The summed E-state index contributed by atoms with van der Waals surface area (Å²) < 4.78 is 11.0. The Labute approximate surface area is 153 Å². The van der Waals surface area contributed by atoms with E-state index in [1.807, 2.05) is 24.3 Å². The molecule has 0 spiro atoms. The van der Waals surface area contributed by atoms with E-state index < -0.39 is 5.92 Å². The van der Waals surface area contributed by atoms with Gasteiger partial charge in [0.1, 0.15) is 28.8 Å². The molecule has 0 aliphatic heterocycles. The van der Waals surface area contributed by atoms with Crippen LogP contribution in [0, 0.1) is 5.92 Å². The fourth-order valence-corrected chi connectivity index (χ4v) is 2.95. The quantitative estimate of drug-likeness (QED) is 0.609. The summed E-state index contributed by atoms with van der Waals surface area (Å²) in [4.78, 5) is 24.1. The topological polar surface area (TPSA) is 56.5 Å². The molecule has 0 aliphatic carbocycles. The van der Waals surface area contributed by atoms with Gasteiger partial charge in [-0.2, -0.15) is 0 Å². The Hall–Kier alpha value is -2.07. The average molecular weight is 363 g/mol. The normalized spacial score (nSPS) is 10.9. The zero-order chi connectivity index (χ0) is 18.4. The fraction of sp³-hybridized carbons (Fsp3) is 0.400. The highest BCUT2D eigenvalue weighted by atomic mass is 35.5. The third kappa shape index (κ3) is 4.95. The van der Waals surface area contributed by atoms with Crippen LogP contribution in [0.4, 0.5) is 0 Å². The van der Waals surface area contributed by atoms with E-state index in [0.717, 1.165) is 11.3 Å². The molecule has 5 heteroatoms. The Kier molecular flexibility index (Phi) is 6.82. The molecule has 0 saturated carbocycles. The molecule has 0 amide bonds. The zero-order valence-corrected chi connectivity index (χ0v) is 15.6. The van der Waals surface area contributed by atoms with Gasteiger partial charge in [0.05, 0.1) is 13.0 Å². The molecule has 0 N–H and O–H groups in total. The molecule has 0 atom stereocenters. The van der Waals surface area contributed by atoms with Crippen molar-refractivity contribution < 1.29 is 18.7 Å². The van der Waals surface area contributed by atoms with Crippen LogP contribution in [0.5, 0.6) is 5.75 Å². The van der Waals surface area contributed by atoms with E-state index >= 15 is 0 Å². The first-order valence-electron chi connectivity index (χ1n) is 8.43. The van der Waals surface area contributed by atoms with E-state index in [1.54, 1.807) is 27.0 Å². The van der Waals surface area contributed by atoms with Crippen LogP contribution in [-0.4, -0.2) is 18.7 Å². The van der Waals surface area contributed by atoms with Gasteiger partial charge in [0, 0.05) is 30.7 Å². The summed E-state index contributed by atoms with van der Waals surface area (Å²) in [6, 6.07) is 9.19. The van der Waals surface area contributed by atoms with Gasteiger partial charge in [-0.15, -0.1) is 0 Å². The lowest BCUT2D eigenvalue weighted by Gasteiger charge is -2.11. The summed E-state index contributed by atoms with van der Waals surface area (Å²) in [5.41, 5.74) is 0.925. The van der Waals surface area contributed by atoms with Crippen LogP contribution in [0.2, 0.25) is 5.02 Å². The number of rotatable bonds is 9. The maximum Gasteiger partial charge on any atom is 0.143 e. The molecule has 0 bridgehead atoms. The predicted octanol–water partition coefficient (Wildman–Crippen LogP) is 4.65. The molecule has 0 aliphatic rings. The number of Topliss-reactive ketones (excluding diaryl/α,β-unsaturated/α-hetero) is 2. The highest BCUT2D eigenvalue weighted by Crippen LogP contribution is 2.26. The molecule has 1 heterocycles. The van der Waals surface area contributed by atoms with Crippen LogP contribution < -0.4 is 4.74 Å². The molecule has 25 heavy (non-hydrogen) atoms. The highest BCUT2D eigenvalue weighted by molar-refractivity contribution is 6.31. The van der Waals surface area contributed by atoms with Crippen LogP contribution in [-0.2, 0) is 22.4 Å². The lowest BCUT2D eigenvalue weighted by atomic mass is 9.91. The SMILES string of the molecule is CCC(=O)C(Cc1ccc(Cc2ccc(OC)cc2Cl)o1)C(=O)CC. The van der Waals surface area contributed by atoms with E-state index in [-0.39, 0.29) is 11.6 Å². The average Bonchev–Trinajstić information content (AvgIpc) is 3.07. The molecule has 0 saturated heterocycles. The fourth-order valence-electron chi connectivity index (χ4n) is 2.71. The minimum absolute atomic E-state index is 0.0389. The lowest BCUT2D eigenvalue weighted by Crippen LogP contribution is -2.25. The standard InChI is InChI=1S/C20H23ClO4/c1-4-19(22)17(20(23)5-2)11-16-9-8-15(25-16)10-13-6-7-14(24-3)12-18(13)21/h6-9,12,17H,4-5,10-11H2,1-3H3. The number of carbonyl (C=O) groups excluding carboxylic acids is 2. The maximum atomic E-state index is 12.0. The molecule has 2 rings (SSSR count). The molecule has 0 radical (unpaired) electrons. The van der Waals surface area contributed by atoms with Crippen molar-refractivity contribution in [2.45, 2.75) is 39.5 Å². The Morgan fingerprint density at radius 2 is 1.72 bits per heavy atom. The van der Waals surface area contributed by atoms with Gasteiger partial charge in [0.15, 0.2) is 0 Å². The molecule has 1 aromatic carbocycles. The van der Waals surface area contributed by atoms with Crippen molar-refractivity contribution in [3.8, 4) is 5.75 Å². The van der Waals surface area contributed by atoms with Crippen molar-refractivity contribution in [1.82, 2.24) is 0 Å². The number of hydrogen-bond donors (Lipinski definition) is 0. The Bertz CT molecular complexity index is 732. The van der Waals surface area contributed by atoms with Crippen molar-refractivity contribution >= 4 is 23.2 Å². The van der Waals surface area contributed by atoms with Gasteiger partial charge in [-0.1, -0.05) is 31.5 Å². The molecule has 1 aromatic heterocycles. The van der Waals surface area contributed by atoms with Crippen LogP contribution in [0.15, 0.2) is 34.7 Å². The van der Waals surface area contributed by atoms with E-state index in [9.17, 15) is 9.59 Å². The third-order valence-corrected chi connectivity index (χ3v) is 4.57. The molecular weight excluding hydrogens is 340 g/mol. The van der Waals surface area contributed by atoms with Gasteiger partial charge in [-0.3, -0.25) is 9.59 Å². The number of furan rings is 1. The number of ketones is 2. The van der Waals surface area contributed by atoms with Gasteiger partial charge in [-0.25, -0.2) is 0 Å². The molecule has 2 aromatic rings. The number of hydrogen-bond acceptors (Lipinski definition) is 4. The summed E-state index contributed by atoms with van der Waals surface area (Å²) in [5, 5.41) is 0.609. The third-order valence-electron chi connectivity index (χ3n) is 4.22. The second-order valence-electron chi connectivity index (χ2n) is 5.90. The van der Waals surface area contributed by atoms with Gasteiger partial charge in [0.2, 0.25) is 0 Å². The summed E-state index contributed by atoms with van der Waals surface area (Å²) in [5.74, 6) is 1.40. The maximum absolute atomic E-state index is 12.0. The minimum Gasteiger partial charge on any atom is -0.497 e. The number of halogens is 1. The Morgan fingerprint density at radius 1 is 1.08 bits per heavy atom. The first-order valence-corrected chi connectivity index (χ1v) is 8.81. The van der Waals surface area contributed by atoms with Crippen molar-refractivity contribution in [3.63, 3.8) is 0 Å². The molecule has 134 valence electrons. The van der Waals surface area contributed by atoms with Crippen LogP contribution in [0.1, 0.15) is 43.8 Å². The molecule has 0 fully saturated rings. The predicted molar refractivity (Wildman–Crippen MR) is 97.3 cm³/mol. The first kappa shape index (κ1) is 19.3. The minimum atomic E-state index is -0.612. The van der Waals surface area contributed by atoms with Crippen LogP contribution >= 0.6 is 11.6 Å². The van der Waals surface area contributed by atoms with Crippen LogP contribution in [0.3, 0.4) is 0 Å². The van der Waals surface area contributed by atoms with E-state index in [0.29, 0.717) is 42.2 Å². The molecule has 0 unspecified atom stereocenters. The van der Waals surface area contributed by atoms with E-state index in [1.165, 1.54) is 0 Å². The second-order valence-corrected chi connectivity index (χ2v) is 6.31. The monoisotopic (exact) mass is 362 g/mol. The van der Waals surface area contributed by atoms with E-state index in [2.05, 4.69) is 0 Å². The zero-order valence-electron chi connectivity index (χ0n) is 14.8. The van der Waals surface area contributed by atoms with Crippen molar-refractivity contribution in [2.75, 3.05) is 7.11 Å². The first-order chi connectivity index (χ1) is 12.0. The van der Waals surface area contributed by atoms with Crippen LogP contribution in [0.25, 0.3) is 0 Å². The largest absolute Gasteiger partial charge is 0.497 e. The number of carbonyl (C=O) groups is 2. The number of benzene rings is 1. The summed E-state index contributed by atoms with van der Waals surface area (Å²) in [7, 11) is 1.59. The summed E-state index contributed by atoms with van der Waals surface area (Å²) in [6.07, 6.45) is 1.56. The van der Waals surface area contributed by atoms with Crippen molar-refractivity contribution in [2.24, 2.45) is 5.92 Å². The molecular formula is C20H23ClO4. The number of ether oxygens (including phenoxy) is 1. The second kappa shape index (κ2) is 8.86. The highest BCUT2D eigenvalue weighted by Gasteiger charge is 2.25.